The molecule has 0 radical (unpaired) electrons. The van der Waals surface area contributed by atoms with E-state index in [0.29, 0.717) is 39.6 Å². The molecular formula is C25H27N5O2S. The van der Waals surface area contributed by atoms with Crippen molar-refractivity contribution in [3.63, 3.8) is 0 Å². The molecule has 170 valence electrons. The number of carbonyl (C=O) groups is 1. The van der Waals surface area contributed by atoms with Crippen LogP contribution in [0.1, 0.15) is 58.4 Å². The van der Waals surface area contributed by atoms with E-state index in [4.69, 9.17) is 4.98 Å². The van der Waals surface area contributed by atoms with Crippen LogP contribution in [0.5, 0.6) is 0 Å². The van der Waals surface area contributed by atoms with Crippen molar-refractivity contribution in [2.24, 2.45) is 0 Å². The van der Waals surface area contributed by atoms with E-state index in [0.717, 1.165) is 43.5 Å². The molecule has 0 spiro atoms. The zero-order valence-electron chi connectivity index (χ0n) is 18.9. The summed E-state index contributed by atoms with van der Waals surface area (Å²) in [7, 11) is 0. The molecule has 1 aliphatic heterocycles. The average Bonchev–Trinajstić information content (AvgIpc) is 3.29. The van der Waals surface area contributed by atoms with E-state index in [1.54, 1.807) is 21.5 Å². The molecular weight excluding hydrogens is 434 g/mol. The Morgan fingerprint density at radius 1 is 1.12 bits per heavy atom. The van der Waals surface area contributed by atoms with E-state index in [-0.39, 0.29) is 11.5 Å². The van der Waals surface area contributed by atoms with Crippen LogP contribution < -0.4 is 10.9 Å². The van der Waals surface area contributed by atoms with E-state index in [2.05, 4.69) is 41.6 Å². The highest BCUT2D eigenvalue weighted by Gasteiger charge is 2.23. The molecule has 0 fully saturated rings. The van der Waals surface area contributed by atoms with Crippen LogP contribution in [-0.2, 0) is 25.9 Å². The first-order chi connectivity index (χ1) is 16.0. The summed E-state index contributed by atoms with van der Waals surface area (Å²) in [6, 6.07) is 10.2. The summed E-state index contributed by atoms with van der Waals surface area (Å²) in [5, 5.41) is 7.94. The van der Waals surface area contributed by atoms with Gasteiger partial charge in [0.2, 0.25) is 0 Å². The highest BCUT2D eigenvalue weighted by Crippen LogP contribution is 2.29. The van der Waals surface area contributed by atoms with Gasteiger partial charge in [-0.15, -0.1) is 11.3 Å². The van der Waals surface area contributed by atoms with Gasteiger partial charge < -0.3 is 5.32 Å². The summed E-state index contributed by atoms with van der Waals surface area (Å²) in [6.45, 7) is 5.24. The van der Waals surface area contributed by atoms with Gasteiger partial charge >= 0.3 is 0 Å². The lowest BCUT2D eigenvalue weighted by Crippen LogP contribution is -2.24. The number of nitrogens with zero attached hydrogens (tertiary/aromatic N) is 4. The van der Waals surface area contributed by atoms with Gasteiger partial charge in [0, 0.05) is 19.0 Å². The topological polar surface area (TPSA) is 81.8 Å². The number of thiophene rings is 1. The fourth-order valence-corrected chi connectivity index (χ4v) is 5.50. The molecule has 0 atom stereocenters. The number of anilines is 1. The van der Waals surface area contributed by atoms with E-state index in [1.165, 1.54) is 16.9 Å². The van der Waals surface area contributed by atoms with Crippen molar-refractivity contribution in [1.82, 2.24) is 19.3 Å². The van der Waals surface area contributed by atoms with Gasteiger partial charge in [0.1, 0.15) is 16.5 Å². The Balaban J connectivity index is 1.42. The van der Waals surface area contributed by atoms with E-state index < -0.39 is 0 Å². The SMILES string of the molecule is CCc1ccc(Cn2nccc2NC(=O)c2sc3nc4n(c(=O)c3c2C)CCCCC4)cc1. The van der Waals surface area contributed by atoms with Crippen LogP contribution in [0.25, 0.3) is 10.2 Å². The summed E-state index contributed by atoms with van der Waals surface area (Å²) in [6.07, 6.45) is 6.63. The minimum atomic E-state index is -0.238. The van der Waals surface area contributed by atoms with E-state index in [9.17, 15) is 9.59 Å². The van der Waals surface area contributed by atoms with Crippen LogP contribution in [0.3, 0.4) is 0 Å². The Hall–Kier alpha value is -3.26. The number of nitrogens with one attached hydrogen (secondary N) is 1. The number of aryl methyl sites for hydroxylation is 3. The lowest BCUT2D eigenvalue weighted by Gasteiger charge is -2.09. The van der Waals surface area contributed by atoms with Crippen molar-refractivity contribution in [3.8, 4) is 0 Å². The van der Waals surface area contributed by atoms with Gasteiger partial charge in [0.25, 0.3) is 11.5 Å². The number of fused-ring (bicyclic) bond motifs is 2. The summed E-state index contributed by atoms with van der Waals surface area (Å²) < 4.78 is 3.58. The summed E-state index contributed by atoms with van der Waals surface area (Å²) >= 11 is 1.30. The molecule has 1 aliphatic rings. The van der Waals surface area contributed by atoms with Gasteiger partial charge in [-0.1, -0.05) is 37.6 Å². The highest BCUT2D eigenvalue weighted by molar-refractivity contribution is 7.20. The molecule has 3 aromatic heterocycles. The van der Waals surface area contributed by atoms with Gasteiger partial charge in [-0.05, 0) is 42.9 Å². The number of hydrogen-bond acceptors (Lipinski definition) is 5. The molecule has 4 heterocycles. The second-order valence-electron chi connectivity index (χ2n) is 8.53. The smallest absolute Gasteiger partial charge is 0.267 e. The fraction of sp³-hybridized carbons (Fsp3) is 0.360. The summed E-state index contributed by atoms with van der Waals surface area (Å²) in [5.41, 5.74) is 3.08. The standard InChI is InChI=1S/C25H27N5O2S/c1-3-17-8-10-18(11-9-17)15-30-20(12-13-26-30)27-23(31)22-16(2)21-24(33-22)28-19-7-5-4-6-14-29(19)25(21)32/h8-13H,3-7,14-15H2,1-2H3,(H,27,31). The van der Waals surface area contributed by atoms with Crippen molar-refractivity contribution in [2.45, 2.75) is 59.0 Å². The van der Waals surface area contributed by atoms with Crippen LogP contribution in [0.2, 0.25) is 0 Å². The van der Waals surface area contributed by atoms with Gasteiger partial charge in [-0.3, -0.25) is 14.2 Å². The Bertz CT molecular complexity index is 1380. The third kappa shape index (κ3) is 4.11. The van der Waals surface area contributed by atoms with Crippen molar-refractivity contribution >= 4 is 33.3 Å². The third-order valence-corrected chi connectivity index (χ3v) is 7.52. The minimum Gasteiger partial charge on any atom is -0.306 e. The van der Waals surface area contributed by atoms with E-state index in [1.807, 2.05) is 6.92 Å². The van der Waals surface area contributed by atoms with Gasteiger partial charge in [-0.25, -0.2) is 9.67 Å². The van der Waals surface area contributed by atoms with Crippen LogP contribution in [0.4, 0.5) is 5.82 Å². The first kappa shape index (κ1) is 21.6. The maximum atomic E-state index is 13.2. The second kappa shape index (κ2) is 8.94. The van der Waals surface area contributed by atoms with Crippen LogP contribution in [0.15, 0.2) is 41.3 Å². The minimum absolute atomic E-state index is 0.0229. The van der Waals surface area contributed by atoms with Crippen LogP contribution >= 0.6 is 11.3 Å². The summed E-state index contributed by atoms with van der Waals surface area (Å²) in [4.78, 5) is 32.3. The molecule has 0 saturated heterocycles. The predicted molar refractivity (Wildman–Crippen MR) is 131 cm³/mol. The molecule has 0 aliphatic carbocycles. The lowest BCUT2D eigenvalue weighted by atomic mass is 10.1. The maximum absolute atomic E-state index is 13.2. The van der Waals surface area contributed by atoms with Crippen molar-refractivity contribution < 1.29 is 4.79 Å². The molecule has 1 amide bonds. The van der Waals surface area contributed by atoms with Crippen molar-refractivity contribution in [1.29, 1.82) is 0 Å². The second-order valence-corrected chi connectivity index (χ2v) is 9.53. The zero-order valence-corrected chi connectivity index (χ0v) is 19.7. The third-order valence-electron chi connectivity index (χ3n) is 6.34. The number of amides is 1. The normalized spacial score (nSPS) is 13.6. The molecule has 5 rings (SSSR count). The van der Waals surface area contributed by atoms with E-state index >= 15 is 0 Å². The Morgan fingerprint density at radius 2 is 1.91 bits per heavy atom. The molecule has 7 nitrogen and oxygen atoms in total. The predicted octanol–water partition coefficient (Wildman–Crippen LogP) is 4.55. The highest BCUT2D eigenvalue weighted by atomic mass is 32.1. The van der Waals surface area contributed by atoms with Crippen molar-refractivity contribution in [3.05, 3.63) is 74.3 Å². The molecule has 8 heteroatoms. The lowest BCUT2D eigenvalue weighted by molar-refractivity contribution is 0.102. The maximum Gasteiger partial charge on any atom is 0.267 e. The zero-order chi connectivity index (χ0) is 22.9. The number of carbonyl (C=O) groups excluding carboxylic acids is 1. The fourth-order valence-electron chi connectivity index (χ4n) is 4.42. The van der Waals surface area contributed by atoms with Gasteiger partial charge in [0.15, 0.2) is 0 Å². The molecule has 0 saturated carbocycles. The molecule has 1 aromatic carbocycles. The number of aromatic nitrogens is 4. The average molecular weight is 462 g/mol. The van der Waals surface area contributed by atoms with Gasteiger partial charge in [-0.2, -0.15) is 5.10 Å². The Morgan fingerprint density at radius 3 is 2.70 bits per heavy atom. The van der Waals surface area contributed by atoms with Gasteiger partial charge in [0.05, 0.1) is 23.0 Å². The first-order valence-electron chi connectivity index (χ1n) is 11.5. The Kier molecular flexibility index (Phi) is 5.85. The monoisotopic (exact) mass is 461 g/mol. The largest absolute Gasteiger partial charge is 0.306 e. The van der Waals surface area contributed by atoms with Crippen LogP contribution in [-0.4, -0.2) is 25.2 Å². The quantitative estimate of drug-likeness (QED) is 0.473. The first-order valence-corrected chi connectivity index (χ1v) is 12.3. The Labute approximate surface area is 196 Å². The molecule has 33 heavy (non-hydrogen) atoms. The van der Waals surface area contributed by atoms with Crippen LogP contribution in [0, 0.1) is 6.92 Å². The molecule has 4 aromatic rings. The number of rotatable bonds is 5. The summed E-state index contributed by atoms with van der Waals surface area (Å²) in [5.74, 6) is 1.22. The van der Waals surface area contributed by atoms with Crippen molar-refractivity contribution in [2.75, 3.05) is 5.32 Å². The number of hydrogen-bond donors (Lipinski definition) is 1. The molecule has 1 N–H and O–H groups in total. The number of benzene rings is 1. The molecule has 0 unspecified atom stereocenters. The molecule has 0 bridgehead atoms.